The number of para-hydroxylation sites is 2. The van der Waals surface area contributed by atoms with E-state index in [0.29, 0.717) is 47.3 Å². The van der Waals surface area contributed by atoms with Crippen LogP contribution in [-0.4, -0.2) is 35.7 Å². The van der Waals surface area contributed by atoms with Crippen molar-refractivity contribution in [1.82, 2.24) is 9.97 Å². The van der Waals surface area contributed by atoms with Crippen LogP contribution < -0.4 is 5.73 Å². The Morgan fingerprint density at radius 2 is 0.792 bits per heavy atom. The molecule has 8 aromatic rings. The molecule has 0 radical (unpaired) electrons. The van der Waals surface area contributed by atoms with Crippen molar-refractivity contribution in [3.05, 3.63) is 192 Å². The molecule has 6 aromatic carbocycles. The minimum Gasteiger partial charge on any atom is -0.435 e. The van der Waals surface area contributed by atoms with E-state index in [4.69, 9.17) is 29.3 Å². The van der Waals surface area contributed by atoms with Gasteiger partial charge in [-0.1, -0.05) is 243 Å². The number of aliphatic imine (C=N–C) groups is 1. The van der Waals surface area contributed by atoms with Gasteiger partial charge in [-0.2, -0.15) is 0 Å². The van der Waals surface area contributed by atoms with E-state index in [-0.39, 0.29) is 35.6 Å². The first-order valence-corrected chi connectivity index (χ1v) is 23.8. The lowest BCUT2D eigenvalue weighted by atomic mass is 9.93. The molecule has 9 rings (SSSR count). The molecule has 72 heavy (non-hydrogen) atoms. The molecule has 1 aliphatic rings. The second kappa shape index (κ2) is 30.5. The monoisotopic (exact) mass is 971 g/mol. The van der Waals surface area contributed by atoms with Crippen molar-refractivity contribution in [2.75, 3.05) is 18.9 Å². The van der Waals surface area contributed by atoms with Crippen molar-refractivity contribution >= 4 is 23.9 Å². The second-order valence-corrected chi connectivity index (χ2v) is 17.9. The minimum atomic E-state index is 0. The van der Waals surface area contributed by atoms with Gasteiger partial charge in [0.15, 0.2) is 11.5 Å². The molecular formula is C64H82N4O4. The number of rotatable bonds is 11. The van der Waals surface area contributed by atoms with Crippen molar-refractivity contribution in [3.63, 3.8) is 0 Å². The van der Waals surface area contributed by atoms with Crippen molar-refractivity contribution in [2.24, 2.45) is 4.99 Å². The van der Waals surface area contributed by atoms with Crippen LogP contribution in [0.2, 0.25) is 0 Å². The van der Waals surface area contributed by atoms with Crippen LogP contribution in [0.3, 0.4) is 0 Å². The number of hydrogen-bond acceptors (Lipinski definition) is 8. The number of nitrogens with zero attached hydrogens (tertiary/aromatic N) is 3. The number of ether oxygens (including phenoxy) is 1. The normalized spacial score (nSPS) is 11.4. The highest BCUT2D eigenvalue weighted by molar-refractivity contribution is 5.84. The third kappa shape index (κ3) is 16.5. The summed E-state index contributed by atoms with van der Waals surface area (Å²) in [7, 11) is 0. The van der Waals surface area contributed by atoms with Gasteiger partial charge in [0.05, 0.1) is 11.9 Å². The number of carbonyl (C=O) groups excluding carboxylic acids is 1. The molecular weight excluding hydrogens is 889 g/mol. The number of nitrogens with two attached hydrogens (primary N) is 1. The Hall–Kier alpha value is -7.16. The summed E-state index contributed by atoms with van der Waals surface area (Å²) in [4.78, 5) is 24.8. The molecule has 0 bridgehead atoms. The van der Waals surface area contributed by atoms with Crippen LogP contribution >= 0.6 is 0 Å². The molecule has 2 N–H and O–H groups in total. The third-order valence-corrected chi connectivity index (χ3v) is 11.4. The molecule has 0 aliphatic carbocycles. The van der Waals surface area contributed by atoms with Crippen LogP contribution in [-0.2, 0) is 4.74 Å². The molecule has 1 fully saturated rings. The fraction of sp³-hybridized carbons (Fsp3) is 0.312. The van der Waals surface area contributed by atoms with Gasteiger partial charge in [-0.05, 0) is 58.8 Å². The first-order valence-electron chi connectivity index (χ1n) is 23.8. The molecule has 8 nitrogen and oxygen atoms in total. The van der Waals surface area contributed by atoms with E-state index in [1.807, 2.05) is 109 Å². The second-order valence-electron chi connectivity index (χ2n) is 17.9. The Morgan fingerprint density at radius 1 is 0.458 bits per heavy atom. The maximum atomic E-state index is 10.9. The molecule has 0 saturated carbocycles. The van der Waals surface area contributed by atoms with E-state index in [2.05, 4.69) is 109 Å². The number of oxazole rings is 2. The Morgan fingerprint density at radius 3 is 1.12 bits per heavy atom. The van der Waals surface area contributed by atoms with Crippen molar-refractivity contribution in [2.45, 2.75) is 122 Å². The maximum absolute atomic E-state index is 10.9. The van der Waals surface area contributed by atoms with Gasteiger partial charge in [0.1, 0.15) is 11.4 Å². The van der Waals surface area contributed by atoms with Gasteiger partial charge in [0.2, 0.25) is 12.2 Å². The molecule has 8 heteroatoms. The zero-order valence-electron chi connectivity index (χ0n) is 40.9. The largest absolute Gasteiger partial charge is 0.435 e. The Balaban J connectivity index is 0.000000370. The van der Waals surface area contributed by atoms with Gasteiger partial charge in [-0.3, -0.25) is 9.79 Å². The van der Waals surface area contributed by atoms with Gasteiger partial charge in [-0.15, -0.1) is 0 Å². The van der Waals surface area contributed by atoms with E-state index in [1.54, 1.807) is 6.21 Å². The molecule has 0 spiro atoms. The Bertz CT molecular complexity index is 2610. The molecule has 3 heterocycles. The zero-order valence-corrected chi connectivity index (χ0v) is 40.9. The summed E-state index contributed by atoms with van der Waals surface area (Å²) in [5.41, 5.74) is 18.5. The maximum Gasteiger partial charge on any atom is 0.260 e. The van der Waals surface area contributed by atoms with Gasteiger partial charge in [-0.25, -0.2) is 9.97 Å². The van der Waals surface area contributed by atoms with E-state index in [1.165, 1.54) is 35.1 Å². The van der Waals surface area contributed by atoms with Crippen LogP contribution in [0.5, 0.6) is 0 Å². The number of aldehydes is 1. The molecule has 2 aromatic heterocycles. The number of anilines is 1. The fourth-order valence-electron chi connectivity index (χ4n) is 7.83. The van der Waals surface area contributed by atoms with Gasteiger partial charge in [0, 0.05) is 41.2 Å². The average molecular weight is 971 g/mol. The molecule has 1 aliphatic heterocycles. The molecule has 0 atom stereocenters. The number of aromatic nitrogens is 2. The summed E-state index contributed by atoms with van der Waals surface area (Å²) in [5, 5.41) is 0. The number of hydrogen-bond donors (Lipinski definition) is 1. The zero-order chi connectivity index (χ0) is 48.4. The minimum absolute atomic E-state index is 0. The lowest BCUT2D eigenvalue weighted by Crippen LogP contribution is -2.02. The van der Waals surface area contributed by atoms with E-state index >= 15 is 0 Å². The average Bonchev–Trinajstić information content (AvgIpc) is 4.18. The predicted octanol–water partition coefficient (Wildman–Crippen LogP) is 18.7. The highest BCUT2D eigenvalue weighted by atomic mass is 16.5. The number of nitrogen functional groups attached to an aromatic ring is 1. The highest BCUT2D eigenvalue weighted by Crippen LogP contribution is 2.37. The molecule has 1 saturated heterocycles. The van der Waals surface area contributed by atoms with Crippen LogP contribution in [0.4, 0.5) is 11.4 Å². The Labute approximate surface area is 432 Å². The lowest BCUT2D eigenvalue weighted by molar-refractivity contribution is 0.109. The van der Waals surface area contributed by atoms with Gasteiger partial charge in [0.25, 0.3) is 5.89 Å². The summed E-state index contributed by atoms with van der Waals surface area (Å²) in [6.07, 6.45) is 4.94. The summed E-state index contributed by atoms with van der Waals surface area (Å²) in [6.45, 7) is 19.5. The SMILES string of the molecule is C.C.C.C.C1CCOC1.CC(C)c1cccc(C(C)C)c1N.CC(C)c1cccc(C(C)C)c1N=Cc1nc(-c2ccccc2)c(-c2ccccc2)o1.O=Cc1nc(-c2ccccc2)c(-c2ccccc2)o1. The van der Waals surface area contributed by atoms with Gasteiger partial charge < -0.3 is 19.3 Å². The smallest absolute Gasteiger partial charge is 0.260 e. The van der Waals surface area contributed by atoms with Crippen molar-refractivity contribution in [3.8, 4) is 45.2 Å². The van der Waals surface area contributed by atoms with Crippen LogP contribution in [0, 0.1) is 0 Å². The number of benzene rings is 6. The van der Waals surface area contributed by atoms with Crippen LogP contribution in [0.1, 0.15) is 160 Å². The van der Waals surface area contributed by atoms with Crippen LogP contribution in [0.25, 0.3) is 45.2 Å². The summed E-state index contributed by atoms with van der Waals surface area (Å²) in [5.74, 6) is 3.77. The third-order valence-electron chi connectivity index (χ3n) is 11.4. The first kappa shape index (κ1) is 61.0. The lowest BCUT2D eigenvalue weighted by Gasteiger charge is -2.15. The van der Waals surface area contributed by atoms with E-state index in [9.17, 15) is 4.79 Å². The molecule has 0 amide bonds. The predicted molar refractivity (Wildman–Crippen MR) is 308 cm³/mol. The first-order chi connectivity index (χ1) is 33.0. The van der Waals surface area contributed by atoms with Gasteiger partial charge >= 0.3 is 0 Å². The number of carbonyl (C=O) groups is 1. The summed E-state index contributed by atoms with van der Waals surface area (Å²) >= 11 is 0. The van der Waals surface area contributed by atoms with E-state index < -0.39 is 0 Å². The summed E-state index contributed by atoms with van der Waals surface area (Å²) in [6, 6.07) is 52.3. The highest BCUT2D eigenvalue weighted by Gasteiger charge is 2.19. The fourth-order valence-corrected chi connectivity index (χ4v) is 7.83. The van der Waals surface area contributed by atoms with Crippen molar-refractivity contribution in [1.29, 1.82) is 0 Å². The Kier molecular flexibility index (Phi) is 25.9. The van der Waals surface area contributed by atoms with Crippen LogP contribution in [0.15, 0.2) is 172 Å². The molecule has 382 valence electrons. The quantitative estimate of drug-likeness (QED) is 0.0779. The standard InChI is InChI=1S/C28H28N2O.C16H11NO2.C12H19N.C4H8O.4CH4/c1-19(2)23-16-11-17-24(20(3)4)27(23)29-18-25-30-26(21-12-7-5-8-13-21)28(31-25)22-14-9-6-10-15-22;18-11-14-17-15(12-7-3-1-4-8-12)16(19-14)13-9-5-2-6-10-13;1-8(2)10-6-5-7-11(9(3)4)12(10)13;1-2-4-5-3-1;;;;/h5-20H,1-4H3;1-11H;5-9H,13H2,1-4H3;1-4H2;4*1H4. The van der Waals surface area contributed by atoms with Crippen molar-refractivity contribution < 1.29 is 18.4 Å². The topological polar surface area (TPSA) is 117 Å². The molecule has 0 unspecified atom stereocenters. The van der Waals surface area contributed by atoms with E-state index in [0.717, 1.165) is 58.3 Å². The summed E-state index contributed by atoms with van der Waals surface area (Å²) < 4.78 is 16.7.